The first-order chi connectivity index (χ1) is 17.0. The van der Waals surface area contributed by atoms with Crippen LogP contribution in [0.4, 0.5) is 0 Å². The van der Waals surface area contributed by atoms with E-state index in [1.54, 1.807) is 33.3 Å². The lowest BCUT2D eigenvalue weighted by Crippen LogP contribution is -2.33. The van der Waals surface area contributed by atoms with Gasteiger partial charge in [0.2, 0.25) is 0 Å². The number of aryl methyl sites for hydroxylation is 1. The topological polar surface area (TPSA) is 99.9 Å². The number of carbonyl (C=O) groups excluding carboxylic acids is 2. The summed E-state index contributed by atoms with van der Waals surface area (Å²) in [6.07, 6.45) is 1.54. The minimum absolute atomic E-state index is 0.163. The summed E-state index contributed by atoms with van der Waals surface area (Å²) in [5, 5.41) is 3.52. The van der Waals surface area contributed by atoms with Gasteiger partial charge in [-0.15, -0.1) is 11.3 Å². The van der Waals surface area contributed by atoms with Crippen LogP contribution in [0.25, 0.3) is 10.8 Å². The van der Waals surface area contributed by atoms with E-state index in [1.165, 1.54) is 17.6 Å². The predicted octanol–water partition coefficient (Wildman–Crippen LogP) is 4.79. The number of rotatable bonds is 9. The Hall–Kier alpha value is -4.11. The summed E-state index contributed by atoms with van der Waals surface area (Å²) in [6, 6.07) is 17.8. The molecule has 0 aliphatic carbocycles. The quantitative estimate of drug-likeness (QED) is 0.335. The van der Waals surface area contributed by atoms with Crippen LogP contribution < -0.4 is 14.8 Å². The van der Waals surface area contributed by atoms with E-state index in [-0.39, 0.29) is 5.69 Å². The lowest BCUT2D eigenvalue weighted by molar-refractivity contribution is -0.124. The van der Waals surface area contributed by atoms with E-state index >= 15 is 0 Å². The van der Waals surface area contributed by atoms with Gasteiger partial charge in [0.1, 0.15) is 11.5 Å². The van der Waals surface area contributed by atoms with Crippen LogP contribution in [0.3, 0.4) is 0 Å². The Balaban J connectivity index is 1.46. The lowest BCUT2D eigenvalue weighted by Gasteiger charge is -2.20. The summed E-state index contributed by atoms with van der Waals surface area (Å²) < 4.78 is 21.1. The smallest absolute Gasteiger partial charge is 0.358 e. The first-order valence-corrected chi connectivity index (χ1v) is 11.6. The van der Waals surface area contributed by atoms with Crippen molar-refractivity contribution in [2.45, 2.75) is 13.0 Å². The van der Waals surface area contributed by atoms with Crippen molar-refractivity contribution in [3.63, 3.8) is 0 Å². The molecule has 0 atom stereocenters. The van der Waals surface area contributed by atoms with Crippen LogP contribution >= 0.6 is 11.3 Å². The number of hydrogen-bond acceptors (Lipinski definition) is 8. The number of benzene rings is 2. The van der Waals surface area contributed by atoms with Gasteiger partial charge in [0, 0.05) is 4.88 Å². The van der Waals surface area contributed by atoms with E-state index in [2.05, 4.69) is 10.3 Å². The monoisotopic (exact) mass is 492 g/mol. The zero-order valence-corrected chi connectivity index (χ0v) is 20.3. The Morgan fingerprint density at radius 3 is 2.09 bits per heavy atom. The van der Waals surface area contributed by atoms with Gasteiger partial charge < -0.3 is 23.9 Å². The molecule has 8 nitrogen and oxygen atoms in total. The standard InChI is InChI=1S/C26H24N2O6S/c1-16-23(28-25(35-16)21-5-4-14-33-21)26(30)34-15-22(29)27-24(17-6-10-19(31-2)11-7-17)18-8-12-20(32-3)13-9-18/h4-14,24H,15H2,1-3H3,(H,27,29). The summed E-state index contributed by atoms with van der Waals surface area (Å²) in [4.78, 5) is 30.4. The average Bonchev–Trinajstić information content (AvgIpc) is 3.56. The molecule has 1 N–H and O–H groups in total. The van der Waals surface area contributed by atoms with Gasteiger partial charge in [-0.3, -0.25) is 4.79 Å². The number of nitrogens with one attached hydrogen (secondary N) is 1. The number of amides is 1. The molecular formula is C26H24N2O6S. The maximum absolute atomic E-state index is 12.8. The zero-order chi connectivity index (χ0) is 24.8. The number of carbonyl (C=O) groups is 2. The summed E-state index contributed by atoms with van der Waals surface area (Å²) in [5.74, 6) is 0.855. The highest BCUT2D eigenvalue weighted by molar-refractivity contribution is 7.15. The van der Waals surface area contributed by atoms with Crippen LogP contribution in [0.5, 0.6) is 11.5 Å². The van der Waals surface area contributed by atoms with E-state index in [4.69, 9.17) is 18.6 Å². The van der Waals surface area contributed by atoms with Crippen molar-refractivity contribution in [1.29, 1.82) is 0 Å². The van der Waals surface area contributed by atoms with Crippen LogP contribution in [0, 0.1) is 6.92 Å². The van der Waals surface area contributed by atoms with Gasteiger partial charge in [-0.1, -0.05) is 24.3 Å². The van der Waals surface area contributed by atoms with Gasteiger partial charge in [-0.25, -0.2) is 9.78 Å². The highest BCUT2D eigenvalue weighted by Crippen LogP contribution is 2.29. The van der Waals surface area contributed by atoms with Crippen molar-refractivity contribution in [2.24, 2.45) is 0 Å². The Bertz CT molecular complexity index is 1230. The van der Waals surface area contributed by atoms with Crippen LogP contribution in [0.1, 0.15) is 32.5 Å². The van der Waals surface area contributed by atoms with E-state index in [0.29, 0.717) is 27.1 Å². The summed E-state index contributed by atoms with van der Waals surface area (Å²) >= 11 is 1.32. The number of nitrogens with zero attached hydrogens (tertiary/aromatic N) is 1. The summed E-state index contributed by atoms with van der Waals surface area (Å²) in [6.45, 7) is 1.32. The normalized spacial score (nSPS) is 10.7. The molecule has 0 fully saturated rings. The van der Waals surface area contributed by atoms with E-state index in [9.17, 15) is 9.59 Å². The molecule has 0 radical (unpaired) electrons. The average molecular weight is 493 g/mol. The molecule has 35 heavy (non-hydrogen) atoms. The maximum atomic E-state index is 12.8. The van der Waals surface area contributed by atoms with Crippen LogP contribution in [0.15, 0.2) is 71.3 Å². The molecule has 0 aliphatic heterocycles. The van der Waals surface area contributed by atoms with Crippen molar-refractivity contribution in [1.82, 2.24) is 10.3 Å². The Labute approximate surface area is 206 Å². The van der Waals surface area contributed by atoms with Crippen LogP contribution in [-0.4, -0.2) is 37.7 Å². The van der Waals surface area contributed by atoms with E-state index < -0.39 is 24.5 Å². The molecule has 4 rings (SSSR count). The second kappa shape index (κ2) is 10.9. The molecule has 0 bridgehead atoms. The SMILES string of the molecule is COc1ccc(C(NC(=O)COC(=O)c2nc(-c3ccco3)sc2C)c2ccc(OC)cc2)cc1. The molecule has 0 spiro atoms. The van der Waals surface area contributed by atoms with Crippen LogP contribution in [0.2, 0.25) is 0 Å². The van der Waals surface area contributed by atoms with Gasteiger partial charge in [-0.2, -0.15) is 0 Å². The highest BCUT2D eigenvalue weighted by Gasteiger charge is 2.22. The number of aromatic nitrogens is 1. The number of methoxy groups -OCH3 is 2. The number of esters is 1. The summed E-state index contributed by atoms with van der Waals surface area (Å²) in [5.41, 5.74) is 1.85. The lowest BCUT2D eigenvalue weighted by atomic mass is 9.98. The minimum atomic E-state index is -0.669. The summed E-state index contributed by atoms with van der Waals surface area (Å²) in [7, 11) is 3.18. The molecule has 0 saturated carbocycles. The molecule has 0 aliphatic rings. The third kappa shape index (κ3) is 5.70. The number of thiazole rings is 1. The fraction of sp³-hybridized carbons (Fsp3) is 0.192. The van der Waals surface area contributed by atoms with Crippen molar-refractivity contribution >= 4 is 23.2 Å². The van der Waals surface area contributed by atoms with Gasteiger partial charge in [0.25, 0.3) is 5.91 Å². The number of furan rings is 1. The van der Waals surface area contributed by atoms with Crippen molar-refractivity contribution in [3.8, 4) is 22.3 Å². The van der Waals surface area contributed by atoms with Gasteiger partial charge in [-0.05, 0) is 54.4 Å². The zero-order valence-electron chi connectivity index (χ0n) is 19.4. The van der Waals surface area contributed by atoms with Crippen molar-refractivity contribution < 1.29 is 28.2 Å². The van der Waals surface area contributed by atoms with E-state index in [1.807, 2.05) is 48.5 Å². The molecule has 0 saturated heterocycles. The Morgan fingerprint density at radius 1 is 0.971 bits per heavy atom. The predicted molar refractivity (Wildman–Crippen MR) is 131 cm³/mol. The fourth-order valence-corrected chi connectivity index (χ4v) is 4.31. The molecule has 4 aromatic rings. The molecule has 0 unspecified atom stereocenters. The number of hydrogen-bond donors (Lipinski definition) is 1. The van der Waals surface area contributed by atoms with Crippen molar-refractivity contribution in [3.05, 3.63) is 88.6 Å². The van der Waals surface area contributed by atoms with Crippen LogP contribution in [-0.2, 0) is 9.53 Å². The first-order valence-electron chi connectivity index (χ1n) is 10.7. The van der Waals surface area contributed by atoms with E-state index in [0.717, 1.165) is 11.1 Å². The Morgan fingerprint density at radius 2 is 1.57 bits per heavy atom. The second-order valence-corrected chi connectivity index (χ2v) is 8.73. The molecule has 2 heterocycles. The molecule has 2 aromatic carbocycles. The number of ether oxygens (including phenoxy) is 3. The third-order valence-corrected chi connectivity index (χ3v) is 6.25. The Kier molecular flexibility index (Phi) is 7.47. The highest BCUT2D eigenvalue weighted by atomic mass is 32.1. The fourth-order valence-electron chi connectivity index (χ4n) is 3.45. The maximum Gasteiger partial charge on any atom is 0.358 e. The molecular weight excluding hydrogens is 468 g/mol. The van der Waals surface area contributed by atoms with Gasteiger partial charge in [0.15, 0.2) is 23.1 Å². The first kappa shape index (κ1) is 24.0. The van der Waals surface area contributed by atoms with Gasteiger partial charge >= 0.3 is 5.97 Å². The second-order valence-electron chi connectivity index (χ2n) is 7.52. The third-order valence-electron chi connectivity index (χ3n) is 5.26. The molecule has 1 amide bonds. The molecule has 9 heteroatoms. The van der Waals surface area contributed by atoms with Gasteiger partial charge in [0.05, 0.1) is 26.5 Å². The molecule has 180 valence electrons. The minimum Gasteiger partial charge on any atom is -0.497 e. The molecule has 2 aromatic heterocycles. The van der Waals surface area contributed by atoms with Crippen molar-refractivity contribution in [2.75, 3.05) is 20.8 Å². The largest absolute Gasteiger partial charge is 0.497 e.